The molecule has 2 aromatic carbocycles. The summed E-state index contributed by atoms with van der Waals surface area (Å²) in [5.41, 5.74) is 5.25. The molecule has 1 aromatic heterocycles. The van der Waals surface area contributed by atoms with E-state index in [-0.39, 0.29) is 0 Å². The van der Waals surface area contributed by atoms with Crippen molar-refractivity contribution in [3.05, 3.63) is 53.6 Å². The quantitative estimate of drug-likeness (QED) is 0.591. The Morgan fingerprint density at radius 2 is 1.68 bits per heavy atom. The molecule has 0 spiro atoms. The Hall–Kier alpha value is -2.02. The van der Waals surface area contributed by atoms with Crippen molar-refractivity contribution in [1.29, 1.82) is 0 Å². The standard InChI is InChI=1S/C18H19N/c1-4-6-14-8-10-18-16(12-14)15-11-13(3)7-9-17(15)19(18)5-2/h4,6-12H,5H2,1-3H3/b6-4-. The molecule has 0 aliphatic rings. The Labute approximate surface area is 114 Å². The first-order valence-electron chi connectivity index (χ1n) is 6.90. The Bertz CT molecular complexity index is 775. The van der Waals surface area contributed by atoms with Crippen LogP contribution in [0.25, 0.3) is 27.9 Å². The van der Waals surface area contributed by atoms with Crippen LogP contribution in [0.1, 0.15) is 25.0 Å². The third-order valence-electron chi connectivity index (χ3n) is 3.72. The van der Waals surface area contributed by atoms with Gasteiger partial charge < -0.3 is 4.57 Å². The zero-order valence-electron chi connectivity index (χ0n) is 11.8. The predicted molar refractivity (Wildman–Crippen MR) is 84.6 cm³/mol. The number of hydrogen-bond acceptors (Lipinski definition) is 0. The number of aromatic nitrogens is 1. The van der Waals surface area contributed by atoms with Crippen LogP contribution in [0.4, 0.5) is 0 Å². The molecular formula is C18H19N. The summed E-state index contributed by atoms with van der Waals surface area (Å²) >= 11 is 0. The molecule has 0 saturated carbocycles. The van der Waals surface area contributed by atoms with Crippen molar-refractivity contribution >= 4 is 27.9 Å². The van der Waals surface area contributed by atoms with Gasteiger partial charge in [-0.1, -0.05) is 29.8 Å². The van der Waals surface area contributed by atoms with Crippen molar-refractivity contribution in [2.75, 3.05) is 0 Å². The van der Waals surface area contributed by atoms with Crippen LogP contribution in [-0.2, 0) is 6.54 Å². The highest BCUT2D eigenvalue weighted by atomic mass is 15.0. The summed E-state index contributed by atoms with van der Waals surface area (Å²) in [5.74, 6) is 0. The average Bonchev–Trinajstić information content (AvgIpc) is 2.72. The fraction of sp³-hybridized carbons (Fsp3) is 0.222. The lowest BCUT2D eigenvalue weighted by Crippen LogP contribution is -1.92. The maximum atomic E-state index is 2.39. The minimum absolute atomic E-state index is 1.01. The first kappa shape index (κ1) is 12.0. The number of benzene rings is 2. The molecule has 1 nitrogen and oxygen atoms in total. The predicted octanol–water partition coefficient (Wildman–Crippen LogP) is 5.16. The number of allylic oxidation sites excluding steroid dienone is 1. The second-order valence-electron chi connectivity index (χ2n) is 5.04. The molecule has 3 rings (SSSR count). The third-order valence-corrected chi connectivity index (χ3v) is 3.72. The molecule has 0 N–H and O–H groups in total. The molecule has 0 aliphatic carbocycles. The highest BCUT2D eigenvalue weighted by molar-refractivity contribution is 6.08. The van der Waals surface area contributed by atoms with Gasteiger partial charge in [0.2, 0.25) is 0 Å². The van der Waals surface area contributed by atoms with Crippen molar-refractivity contribution in [2.45, 2.75) is 27.3 Å². The van der Waals surface area contributed by atoms with Gasteiger partial charge in [-0.05, 0) is 50.6 Å². The molecule has 0 fully saturated rings. The first-order valence-corrected chi connectivity index (χ1v) is 6.90. The van der Waals surface area contributed by atoms with Crippen molar-refractivity contribution in [3.63, 3.8) is 0 Å². The normalized spacial score (nSPS) is 11.9. The zero-order chi connectivity index (χ0) is 13.4. The molecule has 0 aliphatic heterocycles. The van der Waals surface area contributed by atoms with E-state index >= 15 is 0 Å². The molecule has 0 amide bonds. The maximum absolute atomic E-state index is 2.39. The highest BCUT2D eigenvalue weighted by Crippen LogP contribution is 2.30. The van der Waals surface area contributed by atoms with Gasteiger partial charge in [0, 0.05) is 28.4 Å². The fourth-order valence-corrected chi connectivity index (χ4v) is 2.87. The van der Waals surface area contributed by atoms with E-state index in [0.717, 1.165) is 6.54 Å². The molecule has 19 heavy (non-hydrogen) atoms. The van der Waals surface area contributed by atoms with E-state index in [0.29, 0.717) is 0 Å². The summed E-state index contributed by atoms with van der Waals surface area (Å²) in [6, 6.07) is 13.5. The molecule has 1 heteroatoms. The highest BCUT2D eigenvalue weighted by Gasteiger charge is 2.09. The Balaban J connectivity index is 2.45. The van der Waals surface area contributed by atoms with E-state index in [1.54, 1.807) is 0 Å². The van der Waals surface area contributed by atoms with Crippen molar-refractivity contribution < 1.29 is 0 Å². The molecule has 0 unspecified atom stereocenters. The van der Waals surface area contributed by atoms with Crippen LogP contribution in [0, 0.1) is 6.92 Å². The zero-order valence-corrected chi connectivity index (χ0v) is 11.8. The summed E-state index contributed by atoms with van der Waals surface area (Å²) in [6.45, 7) is 7.43. The summed E-state index contributed by atoms with van der Waals surface area (Å²) < 4.78 is 2.39. The number of nitrogens with zero attached hydrogens (tertiary/aromatic N) is 1. The molecule has 0 atom stereocenters. The lowest BCUT2D eigenvalue weighted by atomic mass is 10.1. The summed E-state index contributed by atoms with van der Waals surface area (Å²) in [7, 11) is 0. The van der Waals surface area contributed by atoms with E-state index in [2.05, 4.69) is 73.9 Å². The number of aryl methyl sites for hydroxylation is 2. The van der Waals surface area contributed by atoms with Crippen LogP contribution in [0.3, 0.4) is 0 Å². The number of rotatable bonds is 2. The smallest absolute Gasteiger partial charge is 0.0491 e. The van der Waals surface area contributed by atoms with Gasteiger partial charge in [0.05, 0.1) is 0 Å². The van der Waals surface area contributed by atoms with E-state index in [4.69, 9.17) is 0 Å². The Kier molecular flexibility index (Phi) is 2.90. The Morgan fingerprint density at radius 3 is 2.37 bits per heavy atom. The van der Waals surface area contributed by atoms with E-state index in [9.17, 15) is 0 Å². The third kappa shape index (κ3) is 1.86. The molecule has 0 radical (unpaired) electrons. The van der Waals surface area contributed by atoms with Crippen LogP contribution >= 0.6 is 0 Å². The van der Waals surface area contributed by atoms with Gasteiger partial charge in [0.25, 0.3) is 0 Å². The first-order chi connectivity index (χ1) is 9.24. The molecule has 0 saturated heterocycles. The van der Waals surface area contributed by atoms with Crippen molar-refractivity contribution in [2.24, 2.45) is 0 Å². The van der Waals surface area contributed by atoms with E-state index < -0.39 is 0 Å². The minimum atomic E-state index is 1.01. The minimum Gasteiger partial charge on any atom is -0.341 e. The molecule has 1 heterocycles. The van der Waals surface area contributed by atoms with Crippen molar-refractivity contribution in [1.82, 2.24) is 4.57 Å². The SMILES string of the molecule is C/C=C\c1ccc2c(c1)c1cc(C)ccc1n2CC. The number of fused-ring (bicyclic) bond motifs is 3. The van der Waals surface area contributed by atoms with E-state index in [1.807, 2.05) is 0 Å². The number of hydrogen-bond donors (Lipinski definition) is 0. The molecule has 0 bridgehead atoms. The van der Waals surface area contributed by atoms with Gasteiger partial charge in [-0.3, -0.25) is 0 Å². The van der Waals surface area contributed by atoms with Crippen LogP contribution < -0.4 is 0 Å². The average molecular weight is 249 g/mol. The van der Waals surface area contributed by atoms with Crippen LogP contribution in [-0.4, -0.2) is 4.57 Å². The van der Waals surface area contributed by atoms with Gasteiger partial charge in [-0.25, -0.2) is 0 Å². The molecule has 3 aromatic rings. The van der Waals surface area contributed by atoms with Crippen molar-refractivity contribution in [3.8, 4) is 0 Å². The molecular weight excluding hydrogens is 230 g/mol. The summed E-state index contributed by atoms with van der Waals surface area (Å²) in [4.78, 5) is 0. The summed E-state index contributed by atoms with van der Waals surface area (Å²) in [5, 5.41) is 2.72. The lowest BCUT2D eigenvalue weighted by Gasteiger charge is -2.03. The van der Waals surface area contributed by atoms with Gasteiger partial charge in [-0.2, -0.15) is 0 Å². The van der Waals surface area contributed by atoms with Gasteiger partial charge in [-0.15, -0.1) is 0 Å². The Morgan fingerprint density at radius 1 is 1.00 bits per heavy atom. The monoisotopic (exact) mass is 249 g/mol. The topological polar surface area (TPSA) is 4.93 Å². The van der Waals surface area contributed by atoms with Gasteiger partial charge in [0.1, 0.15) is 0 Å². The van der Waals surface area contributed by atoms with Crippen LogP contribution in [0.15, 0.2) is 42.5 Å². The maximum Gasteiger partial charge on any atom is 0.0491 e. The molecule has 96 valence electrons. The fourth-order valence-electron chi connectivity index (χ4n) is 2.87. The second-order valence-corrected chi connectivity index (χ2v) is 5.04. The van der Waals surface area contributed by atoms with Gasteiger partial charge >= 0.3 is 0 Å². The van der Waals surface area contributed by atoms with Gasteiger partial charge in [0.15, 0.2) is 0 Å². The lowest BCUT2D eigenvalue weighted by molar-refractivity contribution is 0.827. The largest absolute Gasteiger partial charge is 0.341 e. The van der Waals surface area contributed by atoms with Crippen LogP contribution in [0.5, 0.6) is 0 Å². The summed E-state index contributed by atoms with van der Waals surface area (Å²) in [6.07, 6.45) is 4.25. The van der Waals surface area contributed by atoms with E-state index in [1.165, 1.54) is 32.9 Å². The second kappa shape index (κ2) is 4.58. The van der Waals surface area contributed by atoms with Crippen LogP contribution in [0.2, 0.25) is 0 Å².